The summed E-state index contributed by atoms with van der Waals surface area (Å²) in [6.07, 6.45) is 0. The second-order valence-corrected chi connectivity index (χ2v) is 1.52. The van der Waals surface area contributed by atoms with Gasteiger partial charge in [-0.05, 0) is 14.0 Å². The summed E-state index contributed by atoms with van der Waals surface area (Å²) in [5, 5.41) is 2.72. The average molecular weight is 117 g/mol. The van der Waals surface area contributed by atoms with E-state index in [9.17, 15) is 4.79 Å². The highest BCUT2D eigenvalue weighted by Crippen LogP contribution is 1.74. The van der Waals surface area contributed by atoms with E-state index in [1.807, 2.05) is 5.43 Å². The second kappa shape index (κ2) is 3.40. The zero-order valence-electron chi connectivity index (χ0n) is 5.06. The van der Waals surface area contributed by atoms with Gasteiger partial charge in [0.1, 0.15) is 0 Å². The van der Waals surface area contributed by atoms with Gasteiger partial charge in [-0.2, -0.15) is 0 Å². The predicted molar refractivity (Wildman–Crippen MR) is 30.9 cm³/mol. The molecule has 0 aromatic carbocycles. The minimum atomic E-state index is -0.208. The third-order valence-corrected chi connectivity index (χ3v) is 0.969. The van der Waals surface area contributed by atoms with E-state index >= 15 is 0 Å². The molecule has 0 aliphatic rings. The van der Waals surface area contributed by atoms with Crippen LogP contribution in [0.15, 0.2) is 0 Å². The van der Waals surface area contributed by atoms with Crippen LogP contribution in [0.1, 0.15) is 6.92 Å². The van der Waals surface area contributed by atoms with Crippen molar-refractivity contribution >= 4 is 5.91 Å². The maximum Gasteiger partial charge on any atom is 0.250 e. The zero-order valence-corrected chi connectivity index (χ0v) is 5.06. The highest BCUT2D eigenvalue weighted by molar-refractivity contribution is 5.80. The van der Waals surface area contributed by atoms with Crippen molar-refractivity contribution < 1.29 is 4.79 Å². The van der Waals surface area contributed by atoms with Gasteiger partial charge in [-0.1, -0.05) is 0 Å². The third kappa shape index (κ3) is 1.90. The third-order valence-electron chi connectivity index (χ3n) is 0.969. The van der Waals surface area contributed by atoms with Crippen molar-refractivity contribution in [1.29, 1.82) is 0 Å². The standard InChI is InChI=1S/C4H11N3O/c1-3(6-2)4(8)7-5/h3,6H,5H2,1-2H3,(H,7,8)/t3-/m0/s1. The number of likely N-dealkylation sites (N-methyl/N-ethyl adjacent to an activating group) is 1. The molecule has 0 saturated heterocycles. The summed E-state index contributed by atoms with van der Waals surface area (Å²) in [5.41, 5.74) is 2.01. The molecule has 0 bridgehead atoms. The molecule has 0 aromatic heterocycles. The van der Waals surface area contributed by atoms with E-state index in [1.165, 1.54) is 0 Å². The van der Waals surface area contributed by atoms with Gasteiger partial charge in [0.05, 0.1) is 6.04 Å². The van der Waals surface area contributed by atoms with E-state index in [0.717, 1.165) is 0 Å². The molecule has 8 heavy (non-hydrogen) atoms. The van der Waals surface area contributed by atoms with Crippen molar-refractivity contribution in [2.75, 3.05) is 7.05 Å². The lowest BCUT2D eigenvalue weighted by Gasteiger charge is -2.05. The lowest BCUT2D eigenvalue weighted by molar-refractivity contribution is -0.122. The molecule has 0 heterocycles. The van der Waals surface area contributed by atoms with E-state index in [1.54, 1.807) is 14.0 Å². The Hall–Kier alpha value is -0.610. The maximum atomic E-state index is 10.4. The van der Waals surface area contributed by atoms with Gasteiger partial charge in [0.2, 0.25) is 0 Å². The van der Waals surface area contributed by atoms with E-state index < -0.39 is 0 Å². The molecule has 4 heteroatoms. The van der Waals surface area contributed by atoms with Crippen LogP contribution in [-0.2, 0) is 4.79 Å². The number of nitrogens with two attached hydrogens (primary N) is 1. The lowest BCUT2D eigenvalue weighted by Crippen LogP contribution is -2.43. The topological polar surface area (TPSA) is 67.2 Å². The highest BCUT2D eigenvalue weighted by atomic mass is 16.2. The molecule has 0 aliphatic carbocycles. The molecule has 48 valence electrons. The number of hydrazine groups is 1. The van der Waals surface area contributed by atoms with Crippen molar-refractivity contribution in [2.24, 2.45) is 5.84 Å². The van der Waals surface area contributed by atoms with Crippen molar-refractivity contribution in [3.63, 3.8) is 0 Å². The minimum Gasteiger partial charge on any atom is -0.309 e. The first-order valence-corrected chi connectivity index (χ1v) is 2.40. The quantitative estimate of drug-likeness (QED) is 0.236. The first-order chi connectivity index (χ1) is 3.72. The molecule has 0 unspecified atom stereocenters. The average Bonchev–Trinajstić information content (AvgIpc) is 1.84. The summed E-state index contributed by atoms with van der Waals surface area (Å²) in [6, 6.07) is -0.208. The molecule has 4 N–H and O–H groups in total. The van der Waals surface area contributed by atoms with Gasteiger partial charge in [-0.15, -0.1) is 0 Å². The fourth-order valence-corrected chi connectivity index (χ4v) is 0.256. The van der Waals surface area contributed by atoms with Crippen LogP contribution in [0.2, 0.25) is 0 Å². The molecule has 0 aromatic rings. The van der Waals surface area contributed by atoms with Gasteiger partial charge in [0.15, 0.2) is 0 Å². The molecule has 4 nitrogen and oxygen atoms in total. The Labute approximate surface area is 48.4 Å². The second-order valence-electron chi connectivity index (χ2n) is 1.52. The summed E-state index contributed by atoms with van der Waals surface area (Å²) >= 11 is 0. The predicted octanol–water partition coefficient (Wildman–Crippen LogP) is -1.42. The molecule has 0 spiro atoms. The molecule has 0 fully saturated rings. The number of nitrogens with one attached hydrogen (secondary N) is 2. The molecule has 0 saturated carbocycles. The normalized spacial score (nSPS) is 12.9. The van der Waals surface area contributed by atoms with E-state index in [2.05, 4.69) is 5.32 Å². The molecule has 0 aliphatic heterocycles. The first kappa shape index (κ1) is 7.39. The Morgan fingerprint density at radius 3 is 2.38 bits per heavy atom. The Morgan fingerprint density at radius 2 is 2.25 bits per heavy atom. The fraction of sp³-hybridized carbons (Fsp3) is 0.750. The largest absolute Gasteiger partial charge is 0.309 e. The molecule has 0 radical (unpaired) electrons. The van der Waals surface area contributed by atoms with Gasteiger partial charge in [-0.3, -0.25) is 10.2 Å². The summed E-state index contributed by atoms with van der Waals surface area (Å²) in [7, 11) is 1.69. The summed E-state index contributed by atoms with van der Waals surface area (Å²) in [6.45, 7) is 1.72. The summed E-state index contributed by atoms with van der Waals surface area (Å²) in [5.74, 6) is 4.61. The van der Waals surface area contributed by atoms with Crippen LogP contribution < -0.4 is 16.6 Å². The Kier molecular flexibility index (Phi) is 3.14. The molecular formula is C4H11N3O. The number of rotatable bonds is 2. The van der Waals surface area contributed by atoms with Gasteiger partial charge in [0.25, 0.3) is 5.91 Å². The van der Waals surface area contributed by atoms with Crippen molar-refractivity contribution in [1.82, 2.24) is 10.7 Å². The Balaban J connectivity index is 3.46. The van der Waals surface area contributed by atoms with E-state index in [-0.39, 0.29) is 11.9 Å². The van der Waals surface area contributed by atoms with Crippen molar-refractivity contribution in [3.05, 3.63) is 0 Å². The lowest BCUT2D eigenvalue weighted by atomic mass is 10.3. The van der Waals surface area contributed by atoms with Crippen LogP contribution >= 0.6 is 0 Å². The first-order valence-electron chi connectivity index (χ1n) is 2.40. The number of carbonyl (C=O) groups excluding carboxylic acids is 1. The molecule has 0 rings (SSSR count). The highest BCUT2D eigenvalue weighted by Gasteiger charge is 2.05. The molecule has 1 amide bonds. The van der Waals surface area contributed by atoms with Crippen LogP contribution in [0.3, 0.4) is 0 Å². The van der Waals surface area contributed by atoms with Crippen molar-refractivity contribution in [2.45, 2.75) is 13.0 Å². The summed E-state index contributed by atoms with van der Waals surface area (Å²) in [4.78, 5) is 10.4. The number of hydrogen-bond acceptors (Lipinski definition) is 3. The fourth-order valence-electron chi connectivity index (χ4n) is 0.256. The monoisotopic (exact) mass is 117 g/mol. The molecule has 1 atom stereocenters. The maximum absolute atomic E-state index is 10.4. The van der Waals surface area contributed by atoms with E-state index in [0.29, 0.717) is 0 Å². The van der Waals surface area contributed by atoms with Crippen LogP contribution in [0.4, 0.5) is 0 Å². The smallest absolute Gasteiger partial charge is 0.250 e. The van der Waals surface area contributed by atoms with Gasteiger partial charge < -0.3 is 5.32 Å². The molecular weight excluding hydrogens is 106 g/mol. The summed E-state index contributed by atoms with van der Waals surface area (Å²) < 4.78 is 0. The van der Waals surface area contributed by atoms with Gasteiger partial charge in [-0.25, -0.2) is 5.84 Å². The van der Waals surface area contributed by atoms with E-state index in [4.69, 9.17) is 5.84 Å². The van der Waals surface area contributed by atoms with Gasteiger partial charge >= 0.3 is 0 Å². The number of carbonyl (C=O) groups is 1. The number of amides is 1. The minimum absolute atomic E-state index is 0.201. The Bertz CT molecular complexity index is 83.4. The van der Waals surface area contributed by atoms with Crippen LogP contribution in [0, 0.1) is 0 Å². The zero-order chi connectivity index (χ0) is 6.57. The number of hydrogen-bond donors (Lipinski definition) is 3. The Morgan fingerprint density at radius 1 is 1.75 bits per heavy atom. The SMILES string of the molecule is CN[C@@H](C)C(=O)NN. The van der Waals surface area contributed by atoms with Gasteiger partial charge in [0, 0.05) is 0 Å². The van der Waals surface area contributed by atoms with Crippen LogP contribution in [0.5, 0.6) is 0 Å². The van der Waals surface area contributed by atoms with Crippen molar-refractivity contribution in [3.8, 4) is 0 Å². The van der Waals surface area contributed by atoms with Crippen LogP contribution in [0.25, 0.3) is 0 Å². The van der Waals surface area contributed by atoms with Crippen LogP contribution in [-0.4, -0.2) is 19.0 Å².